The Hall–Kier alpha value is -3.20. The topological polar surface area (TPSA) is 106 Å². The van der Waals surface area contributed by atoms with E-state index in [0.717, 1.165) is 21.3 Å². The summed E-state index contributed by atoms with van der Waals surface area (Å²) >= 11 is 1.39. The molecule has 1 N–H and O–H groups in total. The Labute approximate surface area is 166 Å². The Morgan fingerprint density at radius 1 is 1.32 bits per heavy atom. The number of aromatic nitrogens is 3. The molecule has 2 aromatic heterocycles. The highest BCUT2D eigenvalue weighted by atomic mass is 32.2. The van der Waals surface area contributed by atoms with E-state index in [4.69, 9.17) is 5.21 Å². The Balaban J connectivity index is 2.09. The molecule has 144 valence electrons. The lowest BCUT2D eigenvalue weighted by Gasteiger charge is -2.12. The molecule has 3 aromatic rings. The van der Waals surface area contributed by atoms with Crippen molar-refractivity contribution in [3.8, 4) is 0 Å². The predicted octanol–water partition coefficient (Wildman–Crippen LogP) is 4.32. The molecule has 8 nitrogen and oxygen atoms in total. The van der Waals surface area contributed by atoms with Gasteiger partial charge in [0.15, 0.2) is 5.82 Å². The largest absolute Gasteiger partial charge is 0.411 e. The normalized spacial score (nSPS) is 11.4. The highest BCUT2D eigenvalue weighted by Gasteiger charge is 2.21. The van der Waals surface area contributed by atoms with Crippen LogP contribution in [0.5, 0.6) is 0 Å². The molecule has 9 heteroatoms. The number of nitrogens with zero attached hydrogens (tertiary/aromatic N) is 5. The van der Waals surface area contributed by atoms with Crippen molar-refractivity contribution in [1.29, 1.82) is 0 Å². The SMILES string of the molecule is CC(C)c1nc(/C=N/O)n(Cc2ccccn2)c1Sc1cccc([N+](=O)[O-])c1. The second-order valence-corrected chi connectivity index (χ2v) is 7.39. The summed E-state index contributed by atoms with van der Waals surface area (Å²) in [6.45, 7) is 4.47. The number of pyridine rings is 1. The molecule has 0 amide bonds. The van der Waals surface area contributed by atoms with Crippen molar-refractivity contribution >= 4 is 23.7 Å². The van der Waals surface area contributed by atoms with Gasteiger partial charge in [0, 0.05) is 23.2 Å². The van der Waals surface area contributed by atoms with Gasteiger partial charge in [-0.15, -0.1) is 0 Å². The van der Waals surface area contributed by atoms with Crippen molar-refractivity contribution in [2.45, 2.75) is 36.2 Å². The number of benzene rings is 1. The Morgan fingerprint density at radius 3 is 2.79 bits per heavy atom. The van der Waals surface area contributed by atoms with Crippen LogP contribution in [0.25, 0.3) is 0 Å². The van der Waals surface area contributed by atoms with Gasteiger partial charge in [0.1, 0.15) is 11.2 Å². The van der Waals surface area contributed by atoms with Crippen LogP contribution in [0.3, 0.4) is 0 Å². The molecule has 0 bridgehead atoms. The molecule has 2 heterocycles. The van der Waals surface area contributed by atoms with Crippen LogP contribution in [0, 0.1) is 10.1 Å². The smallest absolute Gasteiger partial charge is 0.270 e. The lowest BCUT2D eigenvalue weighted by atomic mass is 10.1. The Bertz CT molecular complexity index is 1000. The minimum Gasteiger partial charge on any atom is -0.411 e. The van der Waals surface area contributed by atoms with Crippen LogP contribution < -0.4 is 0 Å². The zero-order valence-electron chi connectivity index (χ0n) is 15.4. The van der Waals surface area contributed by atoms with E-state index in [1.165, 1.54) is 30.1 Å². The Kier molecular flexibility index (Phi) is 6.05. The monoisotopic (exact) mass is 397 g/mol. The summed E-state index contributed by atoms with van der Waals surface area (Å²) in [5.41, 5.74) is 1.68. The zero-order valence-corrected chi connectivity index (χ0v) is 16.2. The first kappa shape index (κ1) is 19.6. The highest BCUT2D eigenvalue weighted by molar-refractivity contribution is 7.99. The summed E-state index contributed by atoms with van der Waals surface area (Å²) in [4.78, 5) is 20.4. The predicted molar refractivity (Wildman–Crippen MR) is 106 cm³/mol. The summed E-state index contributed by atoms with van der Waals surface area (Å²) in [6.07, 6.45) is 3.00. The number of nitro groups is 1. The number of hydrogen-bond acceptors (Lipinski definition) is 7. The second-order valence-electron chi connectivity index (χ2n) is 6.32. The number of rotatable bonds is 7. The van der Waals surface area contributed by atoms with Gasteiger partial charge >= 0.3 is 0 Å². The van der Waals surface area contributed by atoms with Crippen LogP contribution in [-0.2, 0) is 6.54 Å². The summed E-state index contributed by atoms with van der Waals surface area (Å²) in [6, 6.07) is 12.1. The van der Waals surface area contributed by atoms with Gasteiger partial charge in [-0.1, -0.05) is 42.9 Å². The van der Waals surface area contributed by atoms with Crippen LogP contribution in [0.2, 0.25) is 0 Å². The molecule has 0 unspecified atom stereocenters. The minimum absolute atomic E-state index is 0.0315. The van der Waals surface area contributed by atoms with Crippen molar-refractivity contribution in [3.05, 3.63) is 76.0 Å². The van der Waals surface area contributed by atoms with Gasteiger partial charge in [-0.3, -0.25) is 15.1 Å². The van der Waals surface area contributed by atoms with Gasteiger partial charge in [0.05, 0.1) is 22.9 Å². The first-order valence-corrected chi connectivity index (χ1v) is 9.41. The van der Waals surface area contributed by atoms with E-state index in [-0.39, 0.29) is 11.6 Å². The van der Waals surface area contributed by atoms with Gasteiger partial charge in [0.25, 0.3) is 5.69 Å². The van der Waals surface area contributed by atoms with E-state index in [2.05, 4.69) is 15.1 Å². The lowest BCUT2D eigenvalue weighted by Crippen LogP contribution is -2.07. The molecular weight excluding hydrogens is 378 g/mol. The molecule has 0 aliphatic rings. The first-order valence-electron chi connectivity index (χ1n) is 8.59. The molecule has 0 aliphatic heterocycles. The van der Waals surface area contributed by atoms with Crippen LogP contribution in [-0.4, -0.2) is 30.9 Å². The number of non-ortho nitro benzene ring substituents is 1. The van der Waals surface area contributed by atoms with E-state index in [9.17, 15) is 10.1 Å². The molecule has 0 fully saturated rings. The molecule has 0 radical (unpaired) electrons. The maximum Gasteiger partial charge on any atom is 0.270 e. The summed E-state index contributed by atoms with van der Waals surface area (Å²) < 4.78 is 1.90. The minimum atomic E-state index is -0.414. The van der Waals surface area contributed by atoms with E-state index in [0.29, 0.717) is 12.4 Å². The summed E-state index contributed by atoms with van der Waals surface area (Å²) in [7, 11) is 0. The fraction of sp³-hybridized carbons (Fsp3) is 0.211. The number of nitro benzene ring substituents is 1. The van der Waals surface area contributed by atoms with Gasteiger partial charge < -0.3 is 9.77 Å². The van der Waals surface area contributed by atoms with Crippen LogP contribution >= 0.6 is 11.8 Å². The van der Waals surface area contributed by atoms with Crippen LogP contribution in [0.4, 0.5) is 5.69 Å². The average Bonchev–Trinajstić information content (AvgIpc) is 3.01. The standard InChI is InChI=1S/C19H19N5O3S/c1-13(2)18-19(28-16-8-5-7-15(10-16)24(26)27)23(17(22-18)11-21-25)12-14-6-3-4-9-20-14/h3-11,13,25H,12H2,1-2H3/b21-11+. The third-order valence-corrected chi connectivity index (χ3v) is 5.10. The zero-order chi connectivity index (χ0) is 20.1. The van der Waals surface area contributed by atoms with Gasteiger partial charge in [-0.2, -0.15) is 0 Å². The second kappa shape index (κ2) is 8.66. The van der Waals surface area contributed by atoms with Gasteiger partial charge in [0.2, 0.25) is 0 Å². The maximum absolute atomic E-state index is 11.1. The highest BCUT2D eigenvalue weighted by Crippen LogP contribution is 2.36. The fourth-order valence-corrected chi connectivity index (χ4v) is 3.89. The van der Waals surface area contributed by atoms with E-state index in [1.54, 1.807) is 12.3 Å². The lowest BCUT2D eigenvalue weighted by molar-refractivity contribution is -0.385. The van der Waals surface area contributed by atoms with E-state index < -0.39 is 4.92 Å². The maximum atomic E-state index is 11.1. The molecule has 0 aliphatic carbocycles. The molecule has 0 saturated carbocycles. The van der Waals surface area contributed by atoms with Crippen molar-refractivity contribution in [1.82, 2.24) is 14.5 Å². The van der Waals surface area contributed by atoms with Gasteiger partial charge in [-0.05, 0) is 24.1 Å². The molecule has 0 atom stereocenters. The van der Waals surface area contributed by atoms with Gasteiger partial charge in [-0.25, -0.2) is 4.98 Å². The molecule has 0 saturated heterocycles. The van der Waals surface area contributed by atoms with E-state index >= 15 is 0 Å². The summed E-state index contributed by atoms with van der Waals surface area (Å²) in [5.74, 6) is 0.599. The quantitative estimate of drug-likeness (QED) is 0.275. The third-order valence-electron chi connectivity index (χ3n) is 3.99. The van der Waals surface area contributed by atoms with Crippen LogP contribution in [0.15, 0.2) is 63.7 Å². The molecule has 0 spiro atoms. The third kappa shape index (κ3) is 4.37. The Morgan fingerprint density at radius 2 is 2.14 bits per heavy atom. The van der Waals surface area contributed by atoms with Crippen LogP contribution in [0.1, 0.15) is 37.0 Å². The first-order chi connectivity index (χ1) is 13.5. The van der Waals surface area contributed by atoms with Crippen molar-refractivity contribution in [2.75, 3.05) is 0 Å². The number of hydrogen-bond donors (Lipinski definition) is 1. The van der Waals surface area contributed by atoms with Crippen molar-refractivity contribution in [3.63, 3.8) is 0 Å². The number of imidazole rings is 1. The van der Waals surface area contributed by atoms with Crippen molar-refractivity contribution in [2.24, 2.45) is 5.16 Å². The number of oxime groups is 1. The summed E-state index contributed by atoms with van der Waals surface area (Å²) in [5, 5.41) is 24.1. The average molecular weight is 397 g/mol. The molecular formula is C19H19N5O3S. The fourth-order valence-electron chi connectivity index (χ4n) is 2.69. The molecule has 3 rings (SSSR count). The molecule has 28 heavy (non-hydrogen) atoms. The van der Waals surface area contributed by atoms with Crippen molar-refractivity contribution < 1.29 is 10.1 Å². The molecule has 1 aromatic carbocycles. The van der Waals surface area contributed by atoms with E-state index in [1.807, 2.05) is 42.7 Å².